The Labute approximate surface area is 178 Å². The number of benzene rings is 2. The quantitative estimate of drug-likeness (QED) is 0.593. The molecule has 10 heteroatoms. The van der Waals surface area contributed by atoms with Crippen molar-refractivity contribution in [3.63, 3.8) is 0 Å². The molecule has 0 bridgehead atoms. The molecule has 1 N–H and O–H groups in total. The van der Waals surface area contributed by atoms with Crippen LogP contribution in [-0.4, -0.2) is 36.8 Å². The van der Waals surface area contributed by atoms with E-state index in [0.29, 0.717) is 5.01 Å². The van der Waals surface area contributed by atoms with Crippen molar-refractivity contribution in [3.8, 4) is 10.6 Å². The highest BCUT2D eigenvalue weighted by Crippen LogP contribution is 2.29. The Balaban J connectivity index is 1.87. The smallest absolute Gasteiger partial charge is 0.250 e. The van der Waals surface area contributed by atoms with Gasteiger partial charge >= 0.3 is 0 Å². The number of halogens is 1. The van der Waals surface area contributed by atoms with Crippen molar-refractivity contribution in [2.24, 2.45) is 0 Å². The van der Waals surface area contributed by atoms with Gasteiger partial charge in [-0.3, -0.25) is 14.4 Å². The SMILES string of the molecule is CCC(C(=O)Nc1nnc(-c2ccc(C)cc2)s1)N(c1ccccc1F)S(C)(=O)=O. The monoisotopic (exact) mass is 448 g/mol. The predicted molar refractivity (Wildman–Crippen MR) is 117 cm³/mol. The lowest BCUT2D eigenvalue weighted by Gasteiger charge is -2.29. The number of hydrogen-bond acceptors (Lipinski definition) is 6. The van der Waals surface area contributed by atoms with E-state index in [2.05, 4.69) is 15.5 Å². The number of anilines is 2. The molecule has 158 valence electrons. The molecule has 0 aliphatic heterocycles. The first-order valence-corrected chi connectivity index (χ1v) is 11.8. The molecule has 1 heterocycles. The molecular formula is C20H21FN4O3S2. The van der Waals surface area contributed by atoms with Gasteiger partial charge in [0.05, 0.1) is 11.9 Å². The third-order valence-corrected chi connectivity index (χ3v) is 6.43. The van der Waals surface area contributed by atoms with E-state index in [-0.39, 0.29) is 17.2 Å². The van der Waals surface area contributed by atoms with E-state index < -0.39 is 27.8 Å². The summed E-state index contributed by atoms with van der Waals surface area (Å²) in [4.78, 5) is 12.9. The molecule has 0 spiro atoms. The van der Waals surface area contributed by atoms with Gasteiger partial charge < -0.3 is 0 Å². The topological polar surface area (TPSA) is 92.3 Å². The fourth-order valence-electron chi connectivity index (χ4n) is 2.94. The molecule has 0 fully saturated rings. The molecule has 7 nitrogen and oxygen atoms in total. The molecule has 1 atom stereocenters. The molecule has 3 rings (SSSR count). The normalized spacial score (nSPS) is 12.4. The van der Waals surface area contributed by atoms with Crippen LogP contribution in [0.4, 0.5) is 15.2 Å². The Bertz CT molecular complexity index is 1150. The van der Waals surface area contributed by atoms with Crippen LogP contribution >= 0.6 is 11.3 Å². The van der Waals surface area contributed by atoms with E-state index in [1.54, 1.807) is 6.92 Å². The number of carbonyl (C=O) groups is 1. The third kappa shape index (κ3) is 4.82. The number of nitrogens with zero attached hydrogens (tertiary/aromatic N) is 3. The maximum atomic E-state index is 14.3. The number of amides is 1. The molecule has 1 unspecified atom stereocenters. The van der Waals surface area contributed by atoms with Crippen LogP contribution in [0.2, 0.25) is 0 Å². The summed E-state index contributed by atoms with van der Waals surface area (Å²) in [6, 6.07) is 12.0. The maximum absolute atomic E-state index is 14.3. The third-order valence-electron chi connectivity index (χ3n) is 4.37. The number of sulfonamides is 1. The lowest BCUT2D eigenvalue weighted by Crippen LogP contribution is -2.47. The molecule has 30 heavy (non-hydrogen) atoms. The van der Waals surface area contributed by atoms with Gasteiger partial charge in [0, 0.05) is 5.56 Å². The van der Waals surface area contributed by atoms with Crippen molar-refractivity contribution < 1.29 is 17.6 Å². The van der Waals surface area contributed by atoms with Crippen LogP contribution in [0.15, 0.2) is 48.5 Å². The van der Waals surface area contributed by atoms with E-state index in [1.165, 1.54) is 29.5 Å². The first-order valence-electron chi connectivity index (χ1n) is 9.16. The van der Waals surface area contributed by atoms with Gasteiger partial charge in [-0.15, -0.1) is 10.2 Å². The Kier molecular flexibility index (Phi) is 6.47. The summed E-state index contributed by atoms with van der Waals surface area (Å²) in [5.74, 6) is -1.34. The zero-order valence-electron chi connectivity index (χ0n) is 16.7. The molecule has 0 aliphatic rings. The average molecular weight is 449 g/mol. The van der Waals surface area contributed by atoms with Crippen molar-refractivity contribution in [3.05, 3.63) is 59.9 Å². The summed E-state index contributed by atoms with van der Waals surface area (Å²) in [5, 5.41) is 11.5. The number of para-hydroxylation sites is 1. The van der Waals surface area contributed by atoms with Crippen molar-refractivity contribution in [1.29, 1.82) is 0 Å². The van der Waals surface area contributed by atoms with Gasteiger partial charge in [0.2, 0.25) is 21.1 Å². The highest BCUT2D eigenvalue weighted by molar-refractivity contribution is 7.92. The summed E-state index contributed by atoms with van der Waals surface area (Å²) in [5.41, 5.74) is 1.78. The first-order chi connectivity index (χ1) is 14.2. The van der Waals surface area contributed by atoms with Crippen LogP contribution < -0.4 is 9.62 Å². The van der Waals surface area contributed by atoms with Gasteiger partial charge in [0.15, 0.2) is 0 Å². The number of rotatable bonds is 7. The average Bonchev–Trinajstić information content (AvgIpc) is 3.14. The second-order valence-electron chi connectivity index (χ2n) is 6.70. The minimum Gasteiger partial charge on any atom is -0.299 e. The molecule has 0 aliphatic carbocycles. The minimum absolute atomic E-state index is 0.136. The van der Waals surface area contributed by atoms with Gasteiger partial charge in [0.1, 0.15) is 16.9 Å². The molecule has 1 aromatic heterocycles. The lowest BCUT2D eigenvalue weighted by molar-refractivity contribution is -0.117. The van der Waals surface area contributed by atoms with Crippen LogP contribution in [0.25, 0.3) is 10.6 Å². The molecule has 0 saturated carbocycles. The van der Waals surface area contributed by atoms with Crippen LogP contribution in [0.5, 0.6) is 0 Å². The summed E-state index contributed by atoms with van der Waals surface area (Å²) >= 11 is 1.17. The van der Waals surface area contributed by atoms with Crippen LogP contribution in [0.1, 0.15) is 18.9 Å². The lowest BCUT2D eigenvalue weighted by atomic mass is 10.2. The Morgan fingerprint density at radius 3 is 2.43 bits per heavy atom. The summed E-state index contributed by atoms with van der Waals surface area (Å²) in [7, 11) is -3.93. The van der Waals surface area contributed by atoms with Gasteiger partial charge in [0.25, 0.3) is 0 Å². The Morgan fingerprint density at radius 1 is 1.17 bits per heavy atom. The maximum Gasteiger partial charge on any atom is 0.250 e. The Morgan fingerprint density at radius 2 is 1.83 bits per heavy atom. The second kappa shape index (κ2) is 8.88. The number of aromatic nitrogens is 2. The summed E-state index contributed by atoms with van der Waals surface area (Å²) in [6.45, 7) is 3.63. The molecule has 0 saturated heterocycles. The number of carbonyl (C=O) groups excluding carboxylic acids is 1. The zero-order valence-corrected chi connectivity index (χ0v) is 18.3. The van der Waals surface area contributed by atoms with Crippen LogP contribution in [-0.2, 0) is 14.8 Å². The van der Waals surface area contributed by atoms with Crippen LogP contribution in [0.3, 0.4) is 0 Å². The van der Waals surface area contributed by atoms with E-state index in [4.69, 9.17) is 0 Å². The fourth-order valence-corrected chi connectivity index (χ4v) is 4.91. The zero-order chi connectivity index (χ0) is 21.9. The number of hydrogen-bond donors (Lipinski definition) is 1. The highest BCUT2D eigenvalue weighted by Gasteiger charge is 2.33. The van der Waals surface area contributed by atoms with Gasteiger partial charge in [-0.25, -0.2) is 12.8 Å². The summed E-state index contributed by atoms with van der Waals surface area (Å²) in [6.07, 6.45) is 1.08. The number of aryl methyl sites for hydroxylation is 1. The molecular weight excluding hydrogens is 427 g/mol. The van der Waals surface area contributed by atoms with E-state index in [0.717, 1.165) is 27.8 Å². The van der Waals surface area contributed by atoms with Crippen LogP contribution in [0, 0.1) is 12.7 Å². The van der Waals surface area contributed by atoms with Crippen molar-refractivity contribution >= 4 is 38.1 Å². The summed E-state index contributed by atoms with van der Waals surface area (Å²) < 4.78 is 39.9. The highest BCUT2D eigenvalue weighted by atomic mass is 32.2. The minimum atomic E-state index is -3.93. The van der Waals surface area contributed by atoms with Crippen molar-refractivity contribution in [2.45, 2.75) is 26.3 Å². The van der Waals surface area contributed by atoms with E-state index in [1.807, 2.05) is 31.2 Å². The Hall–Kier alpha value is -2.85. The largest absolute Gasteiger partial charge is 0.299 e. The van der Waals surface area contributed by atoms with E-state index in [9.17, 15) is 17.6 Å². The molecule has 3 aromatic rings. The van der Waals surface area contributed by atoms with Crippen molar-refractivity contribution in [2.75, 3.05) is 15.9 Å². The van der Waals surface area contributed by atoms with Gasteiger partial charge in [-0.05, 0) is 25.5 Å². The van der Waals surface area contributed by atoms with Gasteiger partial charge in [-0.1, -0.05) is 60.2 Å². The molecule has 2 aromatic carbocycles. The van der Waals surface area contributed by atoms with Gasteiger partial charge in [-0.2, -0.15) is 0 Å². The predicted octanol–water partition coefficient (Wildman–Crippen LogP) is 3.84. The molecule has 0 radical (unpaired) electrons. The van der Waals surface area contributed by atoms with Crippen molar-refractivity contribution in [1.82, 2.24) is 10.2 Å². The van der Waals surface area contributed by atoms with E-state index >= 15 is 0 Å². The number of nitrogens with one attached hydrogen (secondary N) is 1. The second-order valence-corrected chi connectivity index (χ2v) is 9.54. The molecule has 1 amide bonds. The fraction of sp³-hybridized carbons (Fsp3) is 0.250. The standard InChI is InChI=1S/C20H21FN4O3S2/c1-4-16(25(30(3,27)28)17-8-6-5-7-15(17)21)18(26)22-20-24-23-19(29-20)14-11-9-13(2)10-12-14/h5-12,16H,4H2,1-3H3,(H,22,24,26). The first kappa shape index (κ1) is 21.8.